The van der Waals surface area contributed by atoms with Crippen LogP contribution in [0.2, 0.25) is 0 Å². The number of carbonyl (C=O) groups is 1. The van der Waals surface area contributed by atoms with Gasteiger partial charge in [-0.2, -0.15) is 0 Å². The Morgan fingerprint density at radius 2 is 1.59 bits per heavy atom. The molecule has 0 radical (unpaired) electrons. The summed E-state index contributed by atoms with van der Waals surface area (Å²) in [5, 5.41) is 0. The van der Waals surface area contributed by atoms with E-state index < -0.39 is 12.0 Å². The Balaban J connectivity index is 0.00000242. The molecule has 2 aromatic carbocycles. The van der Waals surface area contributed by atoms with Crippen LogP contribution in [-0.4, -0.2) is 19.1 Å². The van der Waals surface area contributed by atoms with Crippen LogP contribution in [-0.2, 0) is 16.0 Å². The van der Waals surface area contributed by atoms with Gasteiger partial charge >= 0.3 is 5.97 Å². The molecule has 0 spiro atoms. The van der Waals surface area contributed by atoms with Crippen molar-refractivity contribution in [2.75, 3.05) is 7.11 Å². The molecule has 2 rings (SSSR count). The van der Waals surface area contributed by atoms with Crippen LogP contribution in [0.4, 0.5) is 0 Å². The van der Waals surface area contributed by atoms with Gasteiger partial charge in [0, 0.05) is 11.1 Å². The second-order valence-corrected chi connectivity index (χ2v) is 4.65. The molecule has 114 valence electrons. The summed E-state index contributed by atoms with van der Waals surface area (Å²) < 4.78 is 4.61. The van der Waals surface area contributed by atoms with E-state index >= 15 is 0 Å². The summed E-state index contributed by atoms with van der Waals surface area (Å²) in [5.41, 5.74) is 8.62. The zero-order valence-corrected chi connectivity index (χ0v) is 13.1. The van der Waals surface area contributed by atoms with E-state index in [1.807, 2.05) is 54.6 Å². The van der Waals surface area contributed by atoms with E-state index in [4.69, 9.17) is 5.73 Å². The molecule has 4 heteroatoms. The normalized spacial score (nSPS) is 10.6. The van der Waals surface area contributed by atoms with Crippen molar-refractivity contribution in [3.05, 3.63) is 71.3 Å². The second kappa shape index (κ2) is 8.89. The summed E-state index contributed by atoms with van der Waals surface area (Å²) in [6.45, 7) is 0. The highest BCUT2D eigenvalue weighted by molar-refractivity contribution is 5.85. The monoisotopic (exact) mass is 315 g/mol. The molecule has 0 aliphatic heterocycles. The van der Waals surface area contributed by atoms with Gasteiger partial charge in [-0.05, 0) is 36.2 Å². The zero-order chi connectivity index (χ0) is 15.1. The van der Waals surface area contributed by atoms with Crippen molar-refractivity contribution in [3.8, 4) is 11.8 Å². The second-order valence-electron chi connectivity index (χ2n) is 4.65. The van der Waals surface area contributed by atoms with Crippen molar-refractivity contribution >= 4 is 18.4 Å². The molecule has 0 aliphatic carbocycles. The van der Waals surface area contributed by atoms with E-state index in [0.29, 0.717) is 6.42 Å². The van der Waals surface area contributed by atoms with Crippen LogP contribution in [0.1, 0.15) is 16.7 Å². The van der Waals surface area contributed by atoms with E-state index in [1.54, 1.807) is 0 Å². The van der Waals surface area contributed by atoms with Crippen molar-refractivity contribution in [2.45, 2.75) is 12.5 Å². The summed E-state index contributed by atoms with van der Waals surface area (Å²) in [4.78, 5) is 11.3. The third-order valence-corrected chi connectivity index (χ3v) is 3.04. The van der Waals surface area contributed by atoms with E-state index in [0.717, 1.165) is 16.7 Å². The van der Waals surface area contributed by atoms with Gasteiger partial charge in [-0.1, -0.05) is 42.2 Å². The quantitative estimate of drug-likeness (QED) is 0.699. The lowest BCUT2D eigenvalue weighted by molar-refractivity contribution is -0.142. The van der Waals surface area contributed by atoms with Gasteiger partial charge < -0.3 is 10.5 Å². The third-order valence-electron chi connectivity index (χ3n) is 3.04. The molecular formula is C18H18ClNO2. The Kier molecular flexibility index (Phi) is 7.18. The van der Waals surface area contributed by atoms with E-state index in [1.165, 1.54) is 7.11 Å². The Labute approximate surface area is 136 Å². The number of nitrogens with two attached hydrogens (primary N) is 1. The molecule has 0 bridgehead atoms. The molecule has 0 saturated carbocycles. The average Bonchev–Trinajstić information content (AvgIpc) is 2.54. The highest BCUT2D eigenvalue weighted by Crippen LogP contribution is 2.07. The fourth-order valence-corrected chi connectivity index (χ4v) is 1.88. The topological polar surface area (TPSA) is 52.3 Å². The number of hydrogen-bond donors (Lipinski definition) is 1. The van der Waals surface area contributed by atoms with Gasteiger partial charge in [0.05, 0.1) is 7.11 Å². The first kappa shape index (κ1) is 17.8. The molecule has 2 N–H and O–H groups in total. The van der Waals surface area contributed by atoms with E-state index in [-0.39, 0.29) is 12.4 Å². The number of benzene rings is 2. The smallest absolute Gasteiger partial charge is 0.322 e. The van der Waals surface area contributed by atoms with Crippen molar-refractivity contribution < 1.29 is 9.53 Å². The summed E-state index contributed by atoms with van der Waals surface area (Å²) in [6.07, 6.45) is 0.457. The minimum absolute atomic E-state index is 0. The number of methoxy groups -OCH3 is 1. The molecule has 0 fully saturated rings. The van der Waals surface area contributed by atoms with Gasteiger partial charge in [-0.15, -0.1) is 12.4 Å². The lowest BCUT2D eigenvalue weighted by Gasteiger charge is -2.08. The highest BCUT2D eigenvalue weighted by Gasteiger charge is 2.13. The predicted octanol–water partition coefficient (Wildman–Crippen LogP) is 2.55. The fourth-order valence-electron chi connectivity index (χ4n) is 1.88. The van der Waals surface area contributed by atoms with E-state index in [2.05, 4.69) is 16.6 Å². The van der Waals surface area contributed by atoms with Crippen LogP contribution in [0.5, 0.6) is 0 Å². The predicted molar refractivity (Wildman–Crippen MR) is 89.8 cm³/mol. The number of ether oxygens (including phenoxy) is 1. The van der Waals surface area contributed by atoms with Crippen LogP contribution in [0.25, 0.3) is 0 Å². The highest BCUT2D eigenvalue weighted by atomic mass is 35.5. The van der Waals surface area contributed by atoms with Crippen LogP contribution in [0.15, 0.2) is 54.6 Å². The fraction of sp³-hybridized carbons (Fsp3) is 0.167. The lowest BCUT2D eigenvalue weighted by atomic mass is 10.0. The Morgan fingerprint density at radius 3 is 2.14 bits per heavy atom. The Hall–Kier alpha value is -2.28. The molecule has 0 aliphatic rings. The maximum absolute atomic E-state index is 11.3. The zero-order valence-electron chi connectivity index (χ0n) is 12.3. The SMILES string of the molecule is COC(=O)[C@@H](N)Cc1ccc(C#Cc2ccccc2)cc1.Cl. The maximum Gasteiger partial charge on any atom is 0.322 e. The molecule has 0 unspecified atom stereocenters. The van der Waals surface area contributed by atoms with Crippen LogP contribution in [0, 0.1) is 11.8 Å². The van der Waals surface area contributed by atoms with Gasteiger partial charge in [0.15, 0.2) is 0 Å². The molecule has 2 aromatic rings. The third kappa shape index (κ3) is 5.25. The average molecular weight is 316 g/mol. The number of rotatable bonds is 3. The first-order valence-electron chi connectivity index (χ1n) is 6.68. The summed E-state index contributed by atoms with van der Waals surface area (Å²) in [5.74, 6) is 5.80. The largest absolute Gasteiger partial charge is 0.468 e. The van der Waals surface area contributed by atoms with Gasteiger partial charge in [-0.25, -0.2) is 0 Å². The van der Waals surface area contributed by atoms with Gasteiger partial charge in [0.2, 0.25) is 0 Å². The number of esters is 1. The van der Waals surface area contributed by atoms with Crippen molar-refractivity contribution in [1.82, 2.24) is 0 Å². The minimum atomic E-state index is -0.628. The Bertz CT molecular complexity index is 657. The summed E-state index contributed by atoms with van der Waals surface area (Å²) in [6, 6.07) is 16.9. The Morgan fingerprint density at radius 1 is 1.05 bits per heavy atom. The molecule has 1 atom stereocenters. The molecule has 22 heavy (non-hydrogen) atoms. The van der Waals surface area contributed by atoms with Crippen LogP contribution >= 0.6 is 12.4 Å². The van der Waals surface area contributed by atoms with Crippen LogP contribution in [0.3, 0.4) is 0 Å². The molecular weight excluding hydrogens is 298 g/mol. The molecule has 3 nitrogen and oxygen atoms in total. The molecule has 0 heterocycles. The van der Waals surface area contributed by atoms with E-state index in [9.17, 15) is 4.79 Å². The van der Waals surface area contributed by atoms with Crippen molar-refractivity contribution in [1.29, 1.82) is 0 Å². The number of hydrogen-bond acceptors (Lipinski definition) is 3. The standard InChI is InChI=1S/C18H17NO2.ClH/c1-21-18(20)17(19)13-16-11-9-15(10-12-16)8-7-14-5-3-2-4-6-14;/h2-6,9-12,17H,13,19H2,1H3;1H/t17-;/m0./s1. The minimum Gasteiger partial charge on any atom is -0.468 e. The van der Waals surface area contributed by atoms with Gasteiger partial charge in [-0.3, -0.25) is 4.79 Å². The van der Waals surface area contributed by atoms with Crippen molar-refractivity contribution in [2.24, 2.45) is 5.73 Å². The maximum atomic E-state index is 11.3. The van der Waals surface area contributed by atoms with Gasteiger partial charge in [0.25, 0.3) is 0 Å². The summed E-state index contributed by atoms with van der Waals surface area (Å²) in [7, 11) is 1.34. The molecule has 0 saturated heterocycles. The molecule has 0 amide bonds. The van der Waals surface area contributed by atoms with Gasteiger partial charge in [0.1, 0.15) is 6.04 Å². The first-order valence-corrected chi connectivity index (χ1v) is 6.68. The van der Waals surface area contributed by atoms with Crippen molar-refractivity contribution in [3.63, 3.8) is 0 Å². The van der Waals surface area contributed by atoms with Crippen LogP contribution < -0.4 is 5.73 Å². The molecule has 0 aromatic heterocycles. The number of carbonyl (C=O) groups excluding carboxylic acids is 1. The number of halogens is 1. The lowest BCUT2D eigenvalue weighted by Crippen LogP contribution is -2.33. The summed E-state index contributed by atoms with van der Waals surface area (Å²) >= 11 is 0. The first-order chi connectivity index (χ1) is 10.2.